The highest BCUT2D eigenvalue weighted by Crippen LogP contribution is 2.39. The zero-order chi connectivity index (χ0) is 18.3. The maximum atomic E-state index is 10.3. The van der Waals surface area contributed by atoms with Crippen LogP contribution in [0.1, 0.15) is 26.0 Å². The Hall–Kier alpha value is -2.51. The van der Waals surface area contributed by atoms with Crippen LogP contribution in [-0.2, 0) is 4.74 Å². The summed E-state index contributed by atoms with van der Waals surface area (Å²) >= 11 is 0. The highest BCUT2D eigenvalue weighted by Gasteiger charge is 2.35. The molecule has 0 saturated carbocycles. The molecule has 0 spiro atoms. The van der Waals surface area contributed by atoms with Gasteiger partial charge in [0.1, 0.15) is 18.2 Å². The second-order valence-electron chi connectivity index (χ2n) is 6.83. The Morgan fingerprint density at radius 2 is 2.15 bits per heavy atom. The minimum absolute atomic E-state index is 0.149. The molecule has 4 rings (SSSR count). The molecular weight excluding hydrogens is 330 g/mol. The van der Waals surface area contributed by atoms with Gasteiger partial charge in [0.2, 0.25) is 0 Å². The molecule has 1 aromatic carbocycles. The molecule has 0 bridgehead atoms. The normalized spacial score (nSPS) is 23.5. The Labute approximate surface area is 151 Å². The number of hydrogen-bond acceptors (Lipinski definition) is 5. The molecule has 0 aliphatic carbocycles. The number of benzene rings is 1. The number of aliphatic imine (C=N–C) groups is 1. The molecule has 7 nitrogen and oxygen atoms in total. The van der Waals surface area contributed by atoms with Crippen LogP contribution < -0.4 is 0 Å². The molecule has 7 heteroatoms. The predicted molar refractivity (Wildman–Crippen MR) is 102 cm³/mol. The maximum Gasteiger partial charge on any atom is 0.166 e. The number of fused-ring (bicyclic) bond motifs is 3. The van der Waals surface area contributed by atoms with Crippen LogP contribution in [0, 0.1) is 0 Å². The Morgan fingerprint density at radius 1 is 1.35 bits per heavy atom. The fourth-order valence-corrected chi connectivity index (χ4v) is 3.60. The lowest BCUT2D eigenvalue weighted by molar-refractivity contribution is -0.0164. The van der Waals surface area contributed by atoms with E-state index in [-0.39, 0.29) is 12.3 Å². The quantitative estimate of drug-likeness (QED) is 0.576. The molecule has 1 saturated heterocycles. The minimum Gasteiger partial charge on any atom is -0.390 e. The van der Waals surface area contributed by atoms with E-state index in [9.17, 15) is 5.11 Å². The highest BCUT2D eigenvalue weighted by atomic mass is 16.5. The minimum atomic E-state index is -0.464. The fraction of sp³-hybridized carbons (Fsp3) is 0.421. The zero-order valence-corrected chi connectivity index (χ0v) is 15.2. The van der Waals surface area contributed by atoms with E-state index in [4.69, 9.17) is 4.74 Å². The van der Waals surface area contributed by atoms with Crippen molar-refractivity contribution in [2.45, 2.75) is 38.2 Å². The fourth-order valence-electron chi connectivity index (χ4n) is 3.60. The molecule has 1 aliphatic rings. The molecule has 3 heterocycles. The largest absolute Gasteiger partial charge is 0.390 e. The lowest BCUT2D eigenvalue weighted by atomic mass is 10.1. The number of hydrogen-bond donors (Lipinski definition) is 1. The summed E-state index contributed by atoms with van der Waals surface area (Å²) < 4.78 is 8.20. The number of nitrogens with zero attached hydrogens (tertiary/aromatic N) is 5. The van der Waals surface area contributed by atoms with E-state index in [0.29, 0.717) is 12.2 Å². The van der Waals surface area contributed by atoms with Crippen molar-refractivity contribution in [1.82, 2.24) is 19.4 Å². The molecule has 1 aliphatic heterocycles. The molecule has 136 valence electrons. The van der Waals surface area contributed by atoms with Crippen molar-refractivity contribution < 1.29 is 9.84 Å². The average molecular weight is 353 g/mol. The Bertz CT molecular complexity index is 965. The van der Waals surface area contributed by atoms with Crippen molar-refractivity contribution in [3.8, 4) is 0 Å². The van der Waals surface area contributed by atoms with Crippen molar-refractivity contribution in [2.75, 3.05) is 14.1 Å². The molecule has 0 radical (unpaired) electrons. The highest BCUT2D eigenvalue weighted by molar-refractivity contribution is 6.11. The van der Waals surface area contributed by atoms with Crippen molar-refractivity contribution in [2.24, 2.45) is 4.99 Å². The van der Waals surface area contributed by atoms with Crippen LogP contribution in [0.4, 0.5) is 5.82 Å². The monoisotopic (exact) mass is 353 g/mol. The van der Waals surface area contributed by atoms with Gasteiger partial charge < -0.3 is 14.7 Å². The summed E-state index contributed by atoms with van der Waals surface area (Å²) in [4.78, 5) is 15.3. The zero-order valence-electron chi connectivity index (χ0n) is 15.2. The van der Waals surface area contributed by atoms with E-state index in [1.165, 1.54) is 6.33 Å². The van der Waals surface area contributed by atoms with Crippen LogP contribution in [0.5, 0.6) is 0 Å². The van der Waals surface area contributed by atoms with E-state index < -0.39 is 6.10 Å². The molecule has 0 amide bonds. The average Bonchev–Trinajstić information content (AvgIpc) is 3.17. The maximum absolute atomic E-state index is 10.3. The van der Waals surface area contributed by atoms with Crippen LogP contribution in [0.2, 0.25) is 0 Å². The Balaban J connectivity index is 1.94. The van der Waals surface area contributed by atoms with Crippen LogP contribution >= 0.6 is 0 Å². The first-order valence-corrected chi connectivity index (χ1v) is 8.88. The van der Waals surface area contributed by atoms with Gasteiger partial charge in [0.05, 0.1) is 29.4 Å². The van der Waals surface area contributed by atoms with Gasteiger partial charge in [-0.2, -0.15) is 0 Å². The van der Waals surface area contributed by atoms with Crippen molar-refractivity contribution in [1.29, 1.82) is 0 Å². The third-order valence-corrected chi connectivity index (χ3v) is 4.77. The SMILES string of the molecule is CC[C@H]1O[C@@H](n2c3ccccc3c3c(N=CN(C)C)ncnc32)CC1O. The van der Waals surface area contributed by atoms with Gasteiger partial charge in [-0.1, -0.05) is 25.1 Å². The summed E-state index contributed by atoms with van der Waals surface area (Å²) in [5.74, 6) is 0.629. The van der Waals surface area contributed by atoms with Gasteiger partial charge in [-0.3, -0.25) is 4.57 Å². The second kappa shape index (κ2) is 6.66. The van der Waals surface area contributed by atoms with Crippen molar-refractivity contribution in [3.05, 3.63) is 30.6 Å². The smallest absolute Gasteiger partial charge is 0.166 e. The summed E-state index contributed by atoms with van der Waals surface area (Å²) in [6.45, 7) is 2.03. The van der Waals surface area contributed by atoms with E-state index in [1.807, 2.05) is 44.1 Å². The number of aliphatic hydroxyl groups excluding tert-OH is 1. The molecule has 1 N–H and O–H groups in total. The van der Waals surface area contributed by atoms with Gasteiger partial charge in [-0.25, -0.2) is 15.0 Å². The molecule has 1 unspecified atom stereocenters. The van der Waals surface area contributed by atoms with Crippen molar-refractivity contribution >= 4 is 34.1 Å². The summed E-state index contributed by atoms with van der Waals surface area (Å²) in [6.07, 6.45) is 3.73. The predicted octanol–water partition coefficient (Wildman–Crippen LogP) is 2.86. The number of ether oxygens (including phenoxy) is 1. The van der Waals surface area contributed by atoms with Gasteiger partial charge in [0.25, 0.3) is 0 Å². The van der Waals surface area contributed by atoms with Gasteiger partial charge in [0, 0.05) is 25.9 Å². The molecule has 3 aromatic rings. The first-order valence-electron chi connectivity index (χ1n) is 8.88. The van der Waals surface area contributed by atoms with E-state index >= 15 is 0 Å². The van der Waals surface area contributed by atoms with Crippen LogP contribution in [0.15, 0.2) is 35.6 Å². The Kier molecular flexibility index (Phi) is 4.34. The van der Waals surface area contributed by atoms with E-state index in [0.717, 1.165) is 28.4 Å². The molecular formula is C19H23N5O2. The lowest BCUT2D eigenvalue weighted by Gasteiger charge is -2.16. The standard InChI is InChI=1S/C19H23N5O2/c1-4-15-14(25)9-16(26-15)24-13-8-6-5-7-12(13)17-18(22-11-23(2)3)20-10-21-19(17)24/h5-8,10-11,14-16,25H,4,9H2,1-3H3/t14?,15-,16-/m1/s1. The van der Waals surface area contributed by atoms with Gasteiger partial charge >= 0.3 is 0 Å². The third kappa shape index (κ3) is 2.73. The van der Waals surface area contributed by atoms with Crippen molar-refractivity contribution in [3.63, 3.8) is 0 Å². The number of aliphatic hydroxyl groups is 1. The summed E-state index contributed by atoms with van der Waals surface area (Å²) in [7, 11) is 3.84. The van der Waals surface area contributed by atoms with Crippen LogP contribution in [-0.4, -0.2) is 57.2 Å². The summed E-state index contributed by atoms with van der Waals surface area (Å²) in [6, 6.07) is 8.09. The first-order chi connectivity index (χ1) is 12.6. The molecule has 26 heavy (non-hydrogen) atoms. The lowest BCUT2D eigenvalue weighted by Crippen LogP contribution is -2.19. The van der Waals surface area contributed by atoms with Crippen LogP contribution in [0.3, 0.4) is 0 Å². The number of aromatic nitrogens is 3. The summed E-state index contributed by atoms with van der Waals surface area (Å²) in [5.41, 5.74) is 1.79. The van der Waals surface area contributed by atoms with Gasteiger partial charge in [0.15, 0.2) is 5.82 Å². The van der Waals surface area contributed by atoms with E-state index in [2.05, 4.69) is 25.6 Å². The molecule has 1 fully saturated rings. The Morgan fingerprint density at radius 3 is 2.88 bits per heavy atom. The van der Waals surface area contributed by atoms with Crippen LogP contribution in [0.25, 0.3) is 21.9 Å². The van der Waals surface area contributed by atoms with Gasteiger partial charge in [-0.15, -0.1) is 0 Å². The topological polar surface area (TPSA) is 75.8 Å². The third-order valence-electron chi connectivity index (χ3n) is 4.77. The second-order valence-corrected chi connectivity index (χ2v) is 6.83. The first kappa shape index (κ1) is 16.9. The summed E-state index contributed by atoms with van der Waals surface area (Å²) in [5, 5.41) is 12.2. The van der Waals surface area contributed by atoms with Gasteiger partial charge in [-0.05, 0) is 12.5 Å². The number of rotatable bonds is 4. The molecule has 2 aromatic heterocycles. The molecule has 3 atom stereocenters. The van der Waals surface area contributed by atoms with E-state index in [1.54, 1.807) is 6.34 Å². The number of para-hydroxylation sites is 1.